The summed E-state index contributed by atoms with van der Waals surface area (Å²) in [6.07, 6.45) is 12.4. The zero-order valence-corrected chi connectivity index (χ0v) is 17.4. The summed E-state index contributed by atoms with van der Waals surface area (Å²) in [4.78, 5) is 12.7. The van der Waals surface area contributed by atoms with Crippen molar-refractivity contribution in [3.05, 3.63) is 29.6 Å². The van der Waals surface area contributed by atoms with Crippen LogP contribution < -0.4 is 4.74 Å². The van der Waals surface area contributed by atoms with Gasteiger partial charge in [0.2, 0.25) is 0 Å². The number of carbonyl (C=O) groups excluding carboxylic acids is 1. The average Bonchev–Trinajstić information content (AvgIpc) is 2.73. The number of fused-ring (bicyclic) bond motifs is 3. The molecule has 0 amide bonds. The van der Waals surface area contributed by atoms with E-state index in [2.05, 4.69) is 6.92 Å². The number of nitriles is 1. The maximum Gasteiger partial charge on any atom is 0.314 e. The maximum absolute atomic E-state index is 13.8. The van der Waals surface area contributed by atoms with E-state index >= 15 is 0 Å². The zero-order valence-electron chi connectivity index (χ0n) is 17.4. The van der Waals surface area contributed by atoms with Crippen LogP contribution in [0.25, 0.3) is 0 Å². The van der Waals surface area contributed by atoms with Crippen molar-refractivity contribution in [1.29, 1.82) is 5.26 Å². The van der Waals surface area contributed by atoms with Crippen molar-refractivity contribution in [2.75, 3.05) is 0 Å². The zero-order chi connectivity index (χ0) is 20.4. The van der Waals surface area contributed by atoms with Gasteiger partial charge >= 0.3 is 5.97 Å². The lowest BCUT2D eigenvalue weighted by Crippen LogP contribution is -2.42. The van der Waals surface area contributed by atoms with Crippen molar-refractivity contribution < 1.29 is 13.9 Å². The molecular weight excluding hydrogens is 365 g/mol. The normalized spacial score (nSPS) is 33.8. The summed E-state index contributed by atoms with van der Waals surface area (Å²) in [7, 11) is 0. The largest absolute Gasteiger partial charge is 0.426 e. The van der Waals surface area contributed by atoms with E-state index < -0.39 is 5.82 Å². The predicted octanol–water partition coefficient (Wildman–Crippen LogP) is 6.26. The van der Waals surface area contributed by atoms with E-state index in [1.807, 2.05) is 0 Å². The Bertz CT molecular complexity index is 786. The second-order valence-electron chi connectivity index (χ2n) is 9.58. The van der Waals surface area contributed by atoms with E-state index in [9.17, 15) is 9.18 Å². The van der Waals surface area contributed by atoms with Gasteiger partial charge in [-0.3, -0.25) is 4.79 Å². The van der Waals surface area contributed by atoms with E-state index in [0.717, 1.165) is 49.0 Å². The Morgan fingerprint density at radius 3 is 2.52 bits per heavy atom. The number of hydrogen-bond donors (Lipinski definition) is 0. The van der Waals surface area contributed by atoms with Crippen LogP contribution in [0.3, 0.4) is 0 Å². The van der Waals surface area contributed by atoms with Crippen molar-refractivity contribution >= 4 is 5.97 Å². The quantitative estimate of drug-likeness (QED) is 0.445. The van der Waals surface area contributed by atoms with Gasteiger partial charge in [0.25, 0.3) is 0 Å². The molecule has 4 heteroatoms. The minimum Gasteiger partial charge on any atom is -0.426 e. The van der Waals surface area contributed by atoms with Crippen LogP contribution >= 0.6 is 0 Å². The highest BCUT2D eigenvalue weighted by Gasteiger charge is 2.45. The van der Waals surface area contributed by atoms with Gasteiger partial charge in [-0.2, -0.15) is 5.26 Å². The number of halogens is 1. The fourth-order valence-corrected chi connectivity index (χ4v) is 6.63. The van der Waals surface area contributed by atoms with Crippen LogP contribution in [0.1, 0.15) is 76.7 Å². The average molecular weight is 398 g/mol. The number of nitrogens with zero attached hydrogens (tertiary/aromatic N) is 1. The Hall–Kier alpha value is -1.89. The number of carbonyl (C=O) groups is 1. The number of hydrogen-bond acceptors (Lipinski definition) is 3. The van der Waals surface area contributed by atoms with Gasteiger partial charge in [0.05, 0.1) is 11.5 Å². The minimum absolute atomic E-state index is 0.0317. The minimum atomic E-state index is -0.640. The lowest BCUT2D eigenvalue weighted by Gasteiger charge is -2.50. The van der Waals surface area contributed by atoms with Gasteiger partial charge in [0, 0.05) is 6.07 Å². The van der Waals surface area contributed by atoms with Crippen LogP contribution in [0, 0.1) is 52.7 Å². The first kappa shape index (κ1) is 20.4. The molecule has 0 heterocycles. The molecule has 3 aliphatic rings. The van der Waals surface area contributed by atoms with Crippen molar-refractivity contribution in [3.63, 3.8) is 0 Å². The van der Waals surface area contributed by atoms with E-state index in [1.54, 1.807) is 6.07 Å². The van der Waals surface area contributed by atoms with E-state index in [1.165, 1.54) is 57.1 Å². The Morgan fingerprint density at radius 2 is 1.83 bits per heavy atom. The highest BCUT2D eigenvalue weighted by molar-refractivity contribution is 5.75. The molecule has 1 aromatic rings. The molecule has 0 aromatic heterocycles. The number of ether oxygens (including phenoxy) is 1. The maximum atomic E-state index is 13.8. The summed E-state index contributed by atoms with van der Waals surface area (Å²) in [5.41, 5.74) is -0.0317. The molecule has 1 aromatic carbocycles. The van der Waals surface area contributed by atoms with Crippen LogP contribution in [0.4, 0.5) is 4.39 Å². The van der Waals surface area contributed by atoms with Crippen molar-refractivity contribution in [2.24, 2.45) is 35.5 Å². The highest BCUT2D eigenvalue weighted by atomic mass is 19.1. The van der Waals surface area contributed by atoms with Crippen LogP contribution in [-0.2, 0) is 4.79 Å². The van der Waals surface area contributed by atoms with Gasteiger partial charge in [0.15, 0.2) is 0 Å². The summed E-state index contributed by atoms with van der Waals surface area (Å²) in [5, 5.41) is 8.83. The van der Waals surface area contributed by atoms with E-state index in [-0.39, 0.29) is 23.2 Å². The Morgan fingerprint density at radius 1 is 1.10 bits per heavy atom. The molecule has 3 saturated carbocycles. The molecule has 0 aliphatic heterocycles. The van der Waals surface area contributed by atoms with Crippen molar-refractivity contribution in [3.8, 4) is 11.8 Å². The Balaban J connectivity index is 1.34. The fraction of sp³-hybridized carbons (Fsp3) is 0.680. The molecule has 0 spiro atoms. The fourth-order valence-electron chi connectivity index (χ4n) is 6.63. The van der Waals surface area contributed by atoms with Gasteiger partial charge in [-0.15, -0.1) is 0 Å². The van der Waals surface area contributed by atoms with Gasteiger partial charge in [-0.05, 0) is 86.7 Å². The summed E-state index contributed by atoms with van der Waals surface area (Å²) in [5.74, 6) is 3.39. The number of rotatable bonds is 4. The molecule has 3 fully saturated rings. The molecule has 156 valence electrons. The smallest absolute Gasteiger partial charge is 0.314 e. The molecule has 6 atom stereocenters. The molecule has 3 unspecified atom stereocenters. The number of benzene rings is 1. The van der Waals surface area contributed by atoms with Gasteiger partial charge in [0.1, 0.15) is 17.6 Å². The molecule has 0 N–H and O–H groups in total. The molecule has 29 heavy (non-hydrogen) atoms. The van der Waals surface area contributed by atoms with Gasteiger partial charge in [-0.1, -0.05) is 26.2 Å². The third kappa shape index (κ3) is 4.34. The highest BCUT2D eigenvalue weighted by Crippen LogP contribution is 2.53. The second-order valence-corrected chi connectivity index (χ2v) is 9.58. The molecular formula is C25H32FNO2. The lowest BCUT2D eigenvalue weighted by atomic mass is 9.55. The van der Waals surface area contributed by atoms with Crippen molar-refractivity contribution in [1.82, 2.24) is 0 Å². The molecule has 0 saturated heterocycles. The van der Waals surface area contributed by atoms with Gasteiger partial charge < -0.3 is 4.74 Å². The molecule has 3 aliphatic carbocycles. The standard InChI is InChI=1S/C25H32FNO2/c1-2-3-16-4-10-22-17(12-16)5-6-18-13-19(8-11-23(18)22)25(28)29-21-9-7-20(15-27)24(26)14-21/h7,9,14,16-19,22-23H,2-6,8,10-13H2,1H3/t16?,17?,18-,19-,22?,23+/m1/s1. The van der Waals surface area contributed by atoms with Crippen LogP contribution in [0.2, 0.25) is 0 Å². The van der Waals surface area contributed by atoms with E-state index in [0.29, 0.717) is 5.92 Å². The molecule has 0 radical (unpaired) electrons. The Labute approximate surface area is 173 Å². The van der Waals surface area contributed by atoms with E-state index in [4.69, 9.17) is 10.00 Å². The summed E-state index contributed by atoms with van der Waals surface area (Å²) in [6.45, 7) is 2.30. The van der Waals surface area contributed by atoms with Crippen molar-refractivity contribution in [2.45, 2.75) is 71.1 Å². The van der Waals surface area contributed by atoms with Crippen LogP contribution in [0.5, 0.6) is 5.75 Å². The molecule has 3 nitrogen and oxygen atoms in total. The number of esters is 1. The first-order valence-electron chi connectivity index (χ1n) is 11.5. The summed E-state index contributed by atoms with van der Waals surface area (Å²) in [6, 6.07) is 5.80. The third-order valence-electron chi connectivity index (χ3n) is 7.96. The first-order chi connectivity index (χ1) is 14.1. The van der Waals surface area contributed by atoms with Crippen LogP contribution in [0.15, 0.2) is 18.2 Å². The van der Waals surface area contributed by atoms with Crippen LogP contribution in [-0.4, -0.2) is 5.97 Å². The SMILES string of the molecule is CCCC1CCC2C(CC[C@@H]3C[C@H](C(=O)Oc4ccc(C#N)c(F)c4)CC[C@H]23)C1. The molecule has 0 bridgehead atoms. The molecule has 4 rings (SSSR count). The monoisotopic (exact) mass is 397 g/mol. The third-order valence-corrected chi connectivity index (χ3v) is 7.96. The van der Waals surface area contributed by atoms with Gasteiger partial charge in [-0.25, -0.2) is 4.39 Å². The Kier molecular flexibility index (Phi) is 6.23. The topological polar surface area (TPSA) is 50.1 Å². The first-order valence-corrected chi connectivity index (χ1v) is 11.5. The summed E-state index contributed by atoms with van der Waals surface area (Å²) < 4.78 is 19.3. The summed E-state index contributed by atoms with van der Waals surface area (Å²) >= 11 is 0. The predicted molar refractivity (Wildman–Crippen MR) is 110 cm³/mol. The second kappa shape index (κ2) is 8.86. The lowest BCUT2D eigenvalue weighted by molar-refractivity contribution is -0.142.